The molecule has 0 heteroatoms. The zero-order valence-corrected chi connectivity index (χ0v) is 11.2. The first-order chi connectivity index (χ1) is 9.33. The maximum absolute atomic E-state index is 2.37. The van der Waals surface area contributed by atoms with Crippen LogP contribution in [0.4, 0.5) is 0 Å². The molecule has 0 amide bonds. The van der Waals surface area contributed by atoms with Crippen LogP contribution in [0.2, 0.25) is 0 Å². The third-order valence-electron chi connectivity index (χ3n) is 4.40. The number of rotatable bonds is 0. The molecule has 0 unspecified atom stereocenters. The minimum atomic E-state index is 1.23. The summed E-state index contributed by atoms with van der Waals surface area (Å²) in [4.78, 5) is 0. The lowest BCUT2D eigenvalue weighted by atomic mass is 9.80. The third kappa shape index (κ3) is 1.63. The van der Waals surface area contributed by atoms with E-state index in [1.54, 1.807) is 5.92 Å². The van der Waals surface area contributed by atoms with Gasteiger partial charge in [-0.05, 0) is 35.4 Å². The molecule has 0 atom stereocenters. The van der Waals surface area contributed by atoms with Crippen LogP contribution < -0.4 is 0 Å². The van der Waals surface area contributed by atoms with Crippen molar-refractivity contribution in [1.29, 1.82) is 0 Å². The summed E-state index contributed by atoms with van der Waals surface area (Å²) in [5.41, 5.74) is 3.06. The number of aryl methyl sites for hydroxylation is 1. The van der Waals surface area contributed by atoms with E-state index in [0.717, 1.165) is 0 Å². The van der Waals surface area contributed by atoms with E-state index in [4.69, 9.17) is 0 Å². The molecule has 4 rings (SSSR count). The standard InChI is InChI=1S/C19H17/c1-13-5-4-8-14-9-10-17-11-15-6-2-3-7-16(15)12-18(17)19(13)14/h2-3,6-7,9-12H,4-5,8H2,1H3/q+1. The van der Waals surface area contributed by atoms with Gasteiger partial charge in [0.05, 0.1) is 10.9 Å². The van der Waals surface area contributed by atoms with E-state index in [0.29, 0.717) is 0 Å². The van der Waals surface area contributed by atoms with Gasteiger partial charge in [-0.3, -0.25) is 0 Å². The highest BCUT2D eigenvalue weighted by atomic mass is 14.2. The van der Waals surface area contributed by atoms with Crippen molar-refractivity contribution < 1.29 is 0 Å². The lowest BCUT2D eigenvalue weighted by molar-refractivity contribution is 0.720. The summed E-state index contributed by atoms with van der Waals surface area (Å²) in [6, 6.07) is 18.0. The van der Waals surface area contributed by atoms with E-state index in [2.05, 4.69) is 55.5 Å². The largest absolute Gasteiger partial charge is 0.143 e. The van der Waals surface area contributed by atoms with Gasteiger partial charge in [0.15, 0.2) is 0 Å². The number of hydrogen-bond acceptors (Lipinski definition) is 0. The molecule has 0 heterocycles. The Hall–Kier alpha value is -1.95. The molecule has 3 aromatic carbocycles. The monoisotopic (exact) mass is 245 g/mol. The van der Waals surface area contributed by atoms with E-state index in [-0.39, 0.29) is 0 Å². The van der Waals surface area contributed by atoms with Gasteiger partial charge in [0.25, 0.3) is 0 Å². The Morgan fingerprint density at radius 2 is 1.68 bits per heavy atom. The summed E-state index contributed by atoms with van der Waals surface area (Å²) in [7, 11) is 0. The van der Waals surface area contributed by atoms with E-state index < -0.39 is 0 Å². The highest BCUT2D eigenvalue weighted by Gasteiger charge is 2.27. The molecule has 0 nitrogen and oxygen atoms in total. The highest BCUT2D eigenvalue weighted by molar-refractivity contribution is 6.00. The average molecular weight is 245 g/mol. The summed E-state index contributed by atoms with van der Waals surface area (Å²) in [5.74, 6) is 1.56. The molecule has 1 aliphatic carbocycles. The molecule has 0 bridgehead atoms. The number of fused-ring (bicyclic) bond motifs is 4. The predicted octanol–water partition coefficient (Wildman–Crippen LogP) is 5.27. The van der Waals surface area contributed by atoms with Crippen molar-refractivity contribution in [3.63, 3.8) is 0 Å². The fourth-order valence-corrected chi connectivity index (χ4v) is 3.44. The Balaban J connectivity index is 2.12. The zero-order valence-electron chi connectivity index (χ0n) is 11.2. The smallest absolute Gasteiger partial charge is 0.0616 e. The molecule has 1 aliphatic rings. The summed E-state index contributed by atoms with van der Waals surface area (Å²) in [5, 5.41) is 5.50. The second kappa shape index (κ2) is 4.03. The van der Waals surface area contributed by atoms with Crippen molar-refractivity contribution in [1.82, 2.24) is 0 Å². The lowest BCUT2D eigenvalue weighted by Gasteiger charge is -2.16. The second-order valence-corrected chi connectivity index (χ2v) is 5.65. The van der Waals surface area contributed by atoms with Crippen LogP contribution in [0.15, 0.2) is 48.5 Å². The SMILES string of the molecule is C[C+]1CCCc2ccc3cc4ccccc4cc3c21. The van der Waals surface area contributed by atoms with Crippen LogP contribution in [-0.2, 0) is 6.42 Å². The maximum Gasteiger partial charge on any atom is 0.143 e. The predicted molar refractivity (Wildman–Crippen MR) is 82.4 cm³/mol. The van der Waals surface area contributed by atoms with Gasteiger partial charge in [0.2, 0.25) is 0 Å². The third-order valence-corrected chi connectivity index (χ3v) is 4.40. The summed E-state index contributed by atoms with van der Waals surface area (Å²) in [6.07, 6.45) is 3.78. The minimum Gasteiger partial charge on any atom is -0.0616 e. The lowest BCUT2D eigenvalue weighted by Crippen LogP contribution is -2.08. The van der Waals surface area contributed by atoms with Gasteiger partial charge in [-0.15, -0.1) is 0 Å². The Bertz CT molecular complexity index is 767. The van der Waals surface area contributed by atoms with Crippen molar-refractivity contribution in [3.05, 3.63) is 65.6 Å². The molecule has 0 N–H and O–H groups in total. The van der Waals surface area contributed by atoms with Gasteiger partial charge in [-0.1, -0.05) is 24.3 Å². The average Bonchev–Trinajstić information content (AvgIpc) is 2.45. The van der Waals surface area contributed by atoms with Gasteiger partial charge >= 0.3 is 0 Å². The van der Waals surface area contributed by atoms with Gasteiger partial charge in [0, 0.05) is 37.1 Å². The second-order valence-electron chi connectivity index (χ2n) is 5.65. The zero-order chi connectivity index (χ0) is 12.8. The number of benzene rings is 3. The van der Waals surface area contributed by atoms with Crippen LogP contribution in [0, 0.1) is 5.92 Å². The molecule has 0 spiro atoms. The highest BCUT2D eigenvalue weighted by Crippen LogP contribution is 2.37. The van der Waals surface area contributed by atoms with Gasteiger partial charge < -0.3 is 0 Å². The normalized spacial score (nSPS) is 14.9. The van der Waals surface area contributed by atoms with E-state index in [9.17, 15) is 0 Å². The fourth-order valence-electron chi connectivity index (χ4n) is 3.44. The van der Waals surface area contributed by atoms with Crippen LogP contribution in [0.5, 0.6) is 0 Å². The first kappa shape index (κ1) is 10.9. The van der Waals surface area contributed by atoms with Crippen LogP contribution in [0.25, 0.3) is 21.5 Å². The molecular formula is C19H17+. The molecule has 0 saturated heterocycles. The topological polar surface area (TPSA) is 0 Å². The van der Waals surface area contributed by atoms with Crippen molar-refractivity contribution in [2.24, 2.45) is 0 Å². The Kier molecular flexibility index (Phi) is 2.32. The van der Waals surface area contributed by atoms with Crippen molar-refractivity contribution >= 4 is 21.5 Å². The van der Waals surface area contributed by atoms with Crippen LogP contribution in [0.3, 0.4) is 0 Å². The molecule has 0 aromatic heterocycles. The van der Waals surface area contributed by atoms with Crippen molar-refractivity contribution in [3.8, 4) is 0 Å². The fraction of sp³-hybridized carbons (Fsp3) is 0.211. The van der Waals surface area contributed by atoms with Crippen molar-refractivity contribution in [2.45, 2.75) is 26.2 Å². The van der Waals surface area contributed by atoms with Gasteiger partial charge in [0.1, 0.15) is 5.56 Å². The van der Waals surface area contributed by atoms with Crippen molar-refractivity contribution in [2.75, 3.05) is 0 Å². The molecule has 92 valence electrons. The number of hydrogen-bond donors (Lipinski definition) is 0. The van der Waals surface area contributed by atoms with Crippen LogP contribution in [0.1, 0.15) is 30.9 Å². The van der Waals surface area contributed by atoms with Gasteiger partial charge in [-0.2, -0.15) is 0 Å². The molecule has 3 aromatic rings. The quantitative estimate of drug-likeness (QED) is 0.374. The summed E-state index contributed by atoms with van der Waals surface area (Å²) >= 11 is 0. The minimum absolute atomic E-state index is 1.23. The maximum atomic E-state index is 2.37. The Labute approximate surface area is 114 Å². The molecule has 0 saturated carbocycles. The van der Waals surface area contributed by atoms with E-state index in [1.165, 1.54) is 51.9 Å². The van der Waals surface area contributed by atoms with E-state index >= 15 is 0 Å². The first-order valence-electron chi connectivity index (χ1n) is 7.10. The van der Waals surface area contributed by atoms with Crippen LogP contribution >= 0.6 is 0 Å². The van der Waals surface area contributed by atoms with E-state index in [1.807, 2.05) is 0 Å². The van der Waals surface area contributed by atoms with Gasteiger partial charge in [-0.25, -0.2) is 0 Å². The molecule has 0 radical (unpaired) electrons. The molecule has 19 heavy (non-hydrogen) atoms. The summed E-state index contributed by atoms with van der Waals surface area (Å²) < 4.78 is 0. The molecule has 0 aliphatic heterocycles. The molecular weight excluding hydrogens is 228 g/mol. The Morgan fingerprint density at radius 1 is 0.895 bits per heavy atom. The summed E-state index contributed by atoms with van der Waals surface area (Å²) in [6.45, 7) is 2.30. The first-order valence-corrected chi connectivity index (χ1v) is 7.10. The van der Waals surface area contributed by atoms with Crippen LogP contribution in [-0.4, -0.2) is 0 Å². The molecule has 0 fully saturated rings. The Morgan fingerprint density at radius 3 is 2.53 bits per heavy atom.